The number of aromatic nitrogens is 3. The number of carbonyl (C=O) groups excluding carboxylic acids is 1. The Morgan fingerprint density at radius 3 is 2.82 bits per heavy atom. The molecule has 0 saturated carbocycles. The van der Waals surface area contributed by atoms with Crippen molar-refractivity contribution in [3.05, 3.63) is 62.8 Å². The quantitative estimate of drug-likeness (QED) is 0.759. The van der Waals surface area contributed by atoms with E-state index < -0.39 is 0 Å². The molecule has 4 rings (SSSR count). The van der Waals surface area contributed by atoms with Crippen LogP contribution in [-0.4, -0.2) is 31.9 Å². The fourth-order valence-corrected chi connectivity index (χ4v) is 4.35. The molecule has 1 aliphatic rings. The summed E-state index contributed by atoms with van der Waals surface area (Å²) in [5.74, 6) is 0.593. The van der Waals surface area contributed by atoms with Gasteiger partial charge >= 0.3 is 0 Å². The predicted octanol–water partition coefficient (Wildman–Crippen LogP) is 3.42. The van der Waals surface area contributed by atoms with Crippen molar-refractivity contribution in [2.75, 3.05) is 6.54 Å². The summed E-state index contributed by atoms with van der Waals surface area (Å²) in [4.78, 5) is 36.0. The number of hydrogen-bond acceptors (Lipinski definition) is 3. The molecular weight excluding hydrogens is 352 g/mol. The summed E-state index contributed by atoms with van der Waals surface area (Å²) in [6.45, 7) is 6.65. The van der Waals surface area contributed by atoms with Crippen LogP contribution in [0, 0.1) is 13.8 Å². The highest BCUT2D eigenvalue weighted by atomic mass is 16.2. The number of aromatic amines is 1. The van der Waals surface area contributed by atoms with E-state index in [2.05, 4.69) is 11.1 Å². The SMILES string of the molecule is CCc1c(C)cc(C(=O)N2CCC[C@@H]2c2nc3ccc(C)cc3[nH]2)c(=O)n1C. The van der Waals surface area contributed by atoms with Gasteiger partial charge in [0, 0.05) is 19.3 Å². The van der Waals surface area contributed by atoms with E-state index >= 15 is 0 Å². The Balaban J connectivity index is 1.72. The van der Waals surface area contributed by atoms with Crippen LogP contribution in [0.4, 0.5) is 0 Å². The molecule has 0 unspecified atom stereocenters. The van der Waals surface area contributed by atoms with Gasteiger partial charge in [0.25, 0.3) is 11.5 Å². The van der Waals surface area contributed by atoms with Crippen molar-refractivity contribution >= 4 is 16.9 Å². The first-order valence-electron chi connectivity index (χ1n) is 9.87. The number of imidazole rings is 1. The summed E-state index contributed by atoms with van der Waals surface area (Å²) < 4.78 is 1.61. The highest BCUT2D eigenvalue weighted by Gasteiger charge is 2.34. The molecule has 3 heterocycles. The largest absolute Gasteiger partial charge is 0.340 e. The van der Waals surface area contributed by atoms with E-state index in [0.717, 1.165) is 52.9 Å². The maximum absolute atomic E-state index is 13.3. The van der Waals surface area contributed by atoms with Crippen molar-refractivity contribution in [2.24, 2.45) is 7.05 Å². The summed E-state index contributed by atoms with van der Waals surface area (Å²) in [7, 11) is 1.74. The maximum Gasteiger partial charge on any atom is 0.263 e. The normalized spacial score (nSPS) is 16.9. The van der Waals surface area contributed by atoms with Gasteiger partial charge in [-0.1, -0.05) is 13.0 Å². The van der Waals surface area contributed by atoms with E-state index in [0.29, 0.717) is 6.54 Å². The molecular formula is C22H26N4O2. The lowest BCUT2D eigenvalue weighted by atomic mass is 10.1. The van der Waals surface area contributed by atoms with Crippen LogP contribution >= 0.6 is 0 Å². The van der Waals surface area contributed by atoms with Crippen molar-refractivity contribution in [1.82, 2.24) is 19.4 Å². The number of aryl methyl sites for hydroxylation is 2. The predicted molar refractivity (Wildman–Crippen MR) is 110 cm³/mol. The van der Waals surface area contributed by atoms with E-state index in [-0.39, 0.29) is 23.1 Å². The third-order valence-electron chi connectivity index (χ3n) is 5.81. The van der Waals surface area contributed by atoms with Gasteiger partial charge in [-0.15, -0.1) is 0 Å². The van der Waals surface area contributed by atoms with Gasteiger partial charge in [0.05, 0.1) is 17.1 Å². The number of carbonyl (C=O) groups is 1. The first kappa shape index (κ1) is 18.5. The molecule has 0 radical (unpaired) electrons. The van der Waals surface area contributed by atoms with Crippen LogP contribution in [-0.2, 0) is 13.5 Å². The van der Waals surface area contributed by atoms with E-state index in [4.69, 9.17) is 4.98 Å². The second-order valence-corrected chi connectivity index (χ2v) is 7.70. The number of rotatable bonds is 3. The van der Waals surface area contributed by atoms with Crippen molar-refractivity contribution in [2.45, 2.75) is 46.1 Å². The van der Waals surface area contributed by atoms with Crippen LogP contribution in [0.5, 0.6) is 0 Å². The average Bonchev–Trinajstić information content (AvgIpc) is 3.30. The molecule has 6 heteroatoms. The van der Waals surface area contributed by atoms with Crippen LogP contribution < -0.4 is 5.56 Å². The Hall–Kier alpha value is -2.89. The fraction of sp³-hybridized carbons (Fsp3) is 0.409. The summed E-state index contributed by atoms with van der Waals surface area (Å²) in [5.41, 5.74) is 5.01. The average molecular weight is 378 g/mol. The number of pyridine rings is 1. The smallest absolute Gasteiger partial charge is 0.263 e. The van der Waals surface area contributed by atoms with Gasteiger partial charge in [0.2, 0.25) is 0 Å². The molecule has 0 spiro atoms. The molecule has 3 aromatic rings. The van der Waals surface area contributed by atoms with Crippen LogP contribution in [0.3, 0.4) is 0 Å². The van der Waals surface area contributed by atoms with Crippen LogP contribution in [0.25, 0.3) is 11.0 Å². The monoisotopic (exact) mass is 378 g/mol. The highest BCUT2D eigenvalue weighted by molar-refractivity contribution is 5.94. The topological polar surface area (TPSA) is 71.0 Å². The molecule has 1 amide bonds. The Labute approximate surface area is 164 Å². The number of fused-ring (bicyclic) bond motifs is 1. The molecule has 1 aliphatic heterocycles. The number of benzene rings is 1. The van der Waals surface area contributed by atoms with Gasteiger partial charge in [-0.05, 0) is 62.4 Å². The molecule has 1 saturated heterocycles. The lowest BCUT2D eigenvalue weighted by Crippen LogP contribution is -2.37. The minimum absolute atomic E-state index is 0.129. The number of nitrogens with one attached hydrogen (secondary N) is 1. The minimum atomic E-state index is -0.224. The standard InChI is InChI=1S/C22H26N4O2/c1-5-18-14(3)12-15(21(27)25(18)4)22(28)26-10-6-7-19(26)20-23-16-9-8-13(2)11-17(16)24-20/h8-9,11-12,19H,5-7,10H2,1-4H3,(H,23,24)/t19-/m1/s1. The second kappa shape index (κ2) is 6.93. The Bertz CT molecular complexity index is 1130. The summed E-state index contributed by atoms with van der Waals surface area (Å²) in [6.07, 6.45) is 2.51. The van der Waals surface area contributed by atoms with Crippen LogP contribution in [0.2, 0.25) is 0 Å². The summed E-state index contributed by atoms with van der Waals surface area (Å²) in [6, 6.07) is 7.72. The maximum atomic E-state index is 13.3. The van der Waals surface area contributed by atoms with Crippen molar-refractivity contribution in [3.8, 4) is 0 Å². The molecule has 6 nitrogen and oxygen atoms in total. The van der Waals surface area contributed by atoms with Gasteiger partial charge in [-0.2, -0.15) is 0 Å². The van der Waals surface area contributed by atoms with Gasteiger partial charge in [0.15, 0.2) is 0 Å². The summed E-state index contributed by atoms with van der Waals surface area (Å²) in [5, 5.41) is 0. The fourth-order valence-electron chi connectivity index (χ4n) is 4.35. The van der Waals surface area contributed by atoms with E-state index in [1.807, 2.05) is 32.9 Å². The van der Waals surface area contributed by atoms with Gasteiger partial charge in [-0.25, -0.2) is 4.98 Å². The first-order valence-corrected chi connectivity index (χ1v) is 9.87. The molecule has 0 bridgehead atoms. The van der Waals surface area contributed by atoms with Crippen LogP contribution in [0.15, 0.2) is 29.1 Å². The van der Waals surface area contributed by atoms with Crippen molar-refractivity contribution < 1.29 is 4.79 Å². The second-order valence-electron chi connectivity index (χ2n) is 7.70. The zero-order chi connectivity index (χ0) is 20.0. The Kier molecular flexibility index (Phi) is 4.57. The molecule has 1 aromatic carbocycles. The van der Waals surface area contributed by atoms with Gasteiger partial charge in [0.1, 0.15) is 11.4 Å². The molecule has 1 N–H and O–H groups in total. The molecule has 2 aromatic heterocycles. The molecule has 28 heavy (non-hydrogen) atoms. The zero-order valence-electron chi connectivity index (χ0n) is 16.9. The minimum Gasteiger partial charge on any atom is -0.340 e. The van der Waals surface area contributed by atoms with Crippen molar-refractivity contribution in [3.63, 3.8) is 0 Å². The Morgan fingerprint density at radius 2 is 2.07 bits per heavy atom. The molecule has 146 valence electrons. The lowest BCUT2D eigenvalue weighted by Gasteiger charge is -2.24. The summed E-state index contributed by atoms with van der Waals surface area (Å²) >= 11 is 0. The zero-order valence-corrected chi connectivity index (χ0v) is 16.9. The molecule has 0 aliphatic carbocycles. The number of H-pyrrole nitrogens is 1. The van der Waals surface area contributed by atoms with Crippen molar-refractivity contribution in [1.29, 1.82) is 0 Å². The van der Waals surface area contributed by atoms with Gasteiger partial charge < -0.3 is 14.5 Å². The number of nitrogens with zero attached hydrogens (tertiary/aromatic N) is 3. The third kappa shape index (κ3) is 2.93. The van der Waals surface area contributed by atoms with E-state index in [1.165, 1.54) is 0 Å². The Morgan fingerprint density at radius 1 is 1.29 bits per heavy atom. The van der Waals surface area contributed by atoms with Gasteiger partial charge in [-0.3, -0.25) is 9.59 Å². The third-order valence-corrected chi connectivity index (χ3v) is 5.81. The van der Waals surface area contributed by atoms with Crippen LogP contribution in [0.1, 0.15) is 58.8 Å². The molecule has 1 atom stereocenters. The van der Waals surface area contributed by atoms with E-state index in [9.17, 15) is 9.59 Å². The number of likely N-dealkylation sites (tertiary alicyclic amines) is 1. The lowest BCUT2D eigenvalue weighted by molar-refractivity contribution is 0.0728. The van der Waals surface area contributed by atoms with E-state index in [1.54, 1.807) is 22.6 Å². The molecule has 1 fully saturated rings. The number of hydrogen-bond donors (Lipinski definition) is 1. The first-order chi connectivity index (χ1) is 13.4. The number of amides is 1. The highest BCUT2D eigenvalue weighted by Crippen LogP contribution is 2.32.